The van der Waals surface area contributed by atoms with Crippen molar-refractivity contribution in [2.75, 3.05) is 36.0 Å². The van der Waals surface area contributed by atoms with Gasteiger partial charge in [-0.25, -0.2) is 4.39 Å². The molecule has 148 valence electrons. The van der Waals surface area contributed by atoms with E-state index in [2.05, 4.69) is 9.88 Å². The highest BCUT2D eigenvalue weighted by molar-refractivity contribution is 5.97. The minimum atomic E-state index is -0.409. The summed E-state index contributed by atoms with van der Waals surface area (Å²) >= 11 is 0. The first-order valence-electron chi connectivity index (χ1n) is 9.28. The number of carbonyl (C=O) groups excluding carboxylic acids is 1. The lowest BCUT2D eigenvalue weighted by atomic mass is 10.1. The highest BCUT2D eigenvalue weighted by Gasteiger charge is 2.23. The van der Waals surface area contributed by atoms with E-state index in [1.54, 1.807) is 36.5 Å². The highest BCUT2D eigenvalue weighted by atomic mass is 19.1. The smallest absolute Gasteiger partial charge is 0.278 e. The number of ketones is 1. The maximum Gasteiger partial charge on any atom is 0.278 e. The summed E-state index contributed by atoms with van der Waals surface area (Å²) in [5.41, 5.74) is 2.28. The molecular weight excluding hydrogens is 375 g/mol. The van der Waals surface area contributed by atoms with Crippen LogP contribution in [0.4, 0.5) is 21.5 Å². The molecule has 3 aromatic rings. The molecule has 1 aliphatic heterocycles. The number of rotatable bonds is 4. The van der Waals surface area contributed by atoms with Crippen LogP contribution in [0.15, 0.2) is 48.7 Å². The van der Waals surface area contributed by atoms with Gasteiger partial charge in [0, 0.05) is 44.0 Å². The molecule has 1 aromatic heterocycles. The largest absolute Gasteiger partial charge is 0.366 e. The molecule has 0 radical (unpaired) electrons. The van der Waals surface area contributed by atoms with Gasteiger partial charge in [0.1, 0.15) is 11.3 Å². The summed E-state index contributed by atoms with van der Waals surface area (Å²) in [6.07, 6.45) is 1.62. The van der Waals surface area contributed by atoms with E-state index < -0.39 is 10.7 Å². The van der Waals surface area contributed by atoms with Gasteiger partial charge < -0.3 is 9.80 Å². The summed E-state index contributed by atoms with van der Waals surface area (Å²) in [5.74, 6) is -0.577. The molecule has 0 spiro atoms. The number of anilines is 2. The van der Waals surface area contributed by atoms with Gasteiger partial charge in [-0.05, 0) is 43.3 Å². The molecule has 29 heavy (non-hydrogen) atoms. The molecular formula is C21H19FN4O3. The molecule has 2 heterocycles. The minimum absolute atomic E-state index is 0.0307. The van der Waals surface area contributed by atoms with Crippen molar-refractivity contribution in [3.63, 3.8) is 0 Å². The molecule has 1 aliphatic rings. The van der Waals surface area contributed by atoms with Gasteiger partial charge in [0.2, 0.25) is 0 Å². The lowest BCUT2D eigenvalue weighted by Gasteiger charge is -2.37. The van der Waals surface area contributed by atoms with E-state index in [4.69, 9.17) is 0 Å². The van der Waals surface area contributed by atoms with Gasteiger partial charge in [0.05, 0.1) is 21.7 Å². The second kappa shape index (κ2) is 7.46. The predicted octanol–water partition coefficient (Wildman–Crippen LogP) is 3.81. The van der Waals surface area contributed by atoms with E-state index in [0.29, 0.717) is 48.3 Å². The SMILES string of the molecule is CC(=O)c1ccc(N2CCN(c3ccc([N+](=O)[O-])c4cccnc34)CC2)c(F)c1. The van der Waals surface area contributed by atoms with Gasteiger partial charge in [-0.1, -0.05) is 0 Å². The summed E-state index contributed by atoms with van der Waals surface area (Å²) in [7, 11) is 0. The Morgan fingerprint density at radius 2 is 1.72 bits per heavy atom. The normalized spacial score (nSPS) is 14.3. The minimum Gasteiger partial charge on any atom is -0.366 e. The third kappa shape index (κ3) is 3.49. The number of hydrogen-bond donors (Lipinski definition) is 0. The zero-order chi connectivity index (χ0) is 20.5. The number of aromatic nitrogens is 1. The van der Waals surface area contributed by atoms with Gasteiger partial charge >= 0.3 is 0 Å². The van der Waals surface area contributed by atoms with Crippen molar-refractivity contribution in [3.8, 4) is 0 Å². The van der Waals surface area contributed by atoms with Crippen LogP contribution in [0, 0.1) is 15.9 Å². The van der Waals surface area contributed by atoms with Crippen molar-refractivity contribution >= 4 is 33.7 Å². The average Bonchev–Trinajstić information content (AvgIpc) is 2.73. The second-order valence-corrected chi connectivity index (χ2v) is 6.96. The lowest BCUT2D eigenvalue weighted by molar-refractivity contribution is -0.383. The lowest BCUT2D eigenvalue weighted by Crippen LogP contribution is -2.47. The fourth-order valence-corrected chi connectivity index (χ4v) is 3.73. The Hall–Kier alpha value is -3.55. The van der Waals surface area contributed by atoms with Crippen LogP contribution in [0.5, 0.6) is 0 Å². The molecule has 0 aliphatic carbocycles. The number of hydrogen-bond acceptors (Lipinski definition) is 6. The molecule has 0 N–H and O–H groups in total. The Bertz CT molecular complexity index is 1110. The summed E-state index contributed by atoms with van der Waals surface area (Å²) in [6, 6.07) is 11.2. The zero-order valence-electron chi connectivity index (χ0n) is 15.8. The highest BCUT2D eigenvalue weighted by Crippen LogP contribution is 2.33. The number of pyridine rings is 1. The summed E-state index contributed by atoms with van der Waals surface area (Å²) < 4.78 is 14.5. The van der Waals surface area contributed by atoms with Crippen LogP contribution < -0.4 is 9.80 Å². The van der Waals surface area contributed by atoms with Crippen LogP contribution in [0.25, 0.3) is 10.9 Å². The van der Waals surface area contributed by atoms with Crippen LogP contribution >= 0.6 is 0 Å². The second-order valence-electron chi connectivity index (χ2n) is 6.96. The van der Waals surface area contributed by atoms with Crippen molar-refractivity contribution in [1.29, 1.82) is 0 Å². The molecule has 7 nitrogen and oxygen atoms in total. The Morgan fingerprint density at radius 3 is 2.34 bits per heavy atom. The van der Waals surface area contributed by atoms with Crippen LogP contribution in [0.3, 0.4) is 0 Å². The van der Waals surface area contributed by atoms with Gasteiger partial charge in [-0.3, -0.25) is 19.9 Å². The maximum absolute atomic E-state index is 14.5. The predicted molar refractivity (Wildman–Crippen MR) is 109 cm³/mol. The zero-order valence-corrected chi connectivity index (χ0v) is 15.8. The standard InChI is InChI=1S/C21H19FN4O3/c1-14(27)15-4-5-19(17(22)13-15)24-9-11-25(12-10-24)20-7-6-18(26(28)29)16-3-2-8-23-21(16)20/h2-8,13H,9-12H2,1H3. The number of piperazine rings is 1. The van der Waals surface area contributed by atoms with Gasteiger partial charge in [0.25, 0.3) is 5.69 Å². The van der Waals surface area contributed by atoms with Gasteiger partial charge in [-0.2, -0.15) is 0 Å². The van der Waals surface area contributed by atoms with Gasteiger partial charge in [0.15, 0.2) is 5.78 Å². The summed E-state index contributed by atoms with van der Waals surface area (Å²) in [4.78, 5) is 30.7. The molecule has 0 bridgehead atoms. The number of Topliss-reactive ketones (excluding diaryl/α,β-unsaturated/α-hetero) is 1. The number of halogens is 1. The molecule has 0 amide bonds. The first-order valence-corrected chi connectivity index (χ1v) is 9.28. The Labute approximate surface area is 166 Å². The number of nitro benzene ring substituents is 1. The van der Waals surface area contributed by atoms with Crippen molar-refractivity contribution in [1.82, 2.24) is 4.98 Å². The molecule has 1 fully saturated rings. The summed E-state index contributed by atoms with van der Waals surface area (Å²) in [5, 5.41) is 11.8. The van der Waals surface area contributed by atoms with Gasteiger partial charge in [-0.15, -0.1) is 0 Å². The van der Waals surface area contributed by atoms with Crippen LogP contribution in [-0.4, -0.2) is 41.9 Å². The molecule has 0 saturated carbocycles. The molecule has 1 saturated heterocycles. The van der Waals surface area contributed by atoms with E-state index in [1.807, 2.05) is 4.90 Å². The molecule has 8 heteroatoms. The monoisotopic (exact) mass is 394 g/mol. The molecule has 0 unspecified atom stereocenters. The fourth-order valence-electron chi connectivity index (χ4n) is 3.73. The Balaban J connectivity index is 1.57. The van der Waals surface area contributed by atoms with E-state index >= 15 is 0 Å². The Kier molecular flexibility index (Phi) is 4.84. The Morgan fingerprint density at radius 1 is 1.07 bits per heavy atom. The van der Waals surface area contributed by atoms with E-state index in [1.165, 1.54) is 19.1 Å². The van der Waals surface area contributed by atoms with Crippen molar-refractivity contribution in [2.24, 2.45) is 0 Å². The number of fused-ring (bicyclic) bond motifs is 1. The number of benzene rings is 2. The molecule has 4 rings (SSSR count). The fraction of sp³-hybridized carbons (Fsp3) is 0.238. The third-order valence-corrected chi connectivity index (χ3v) is 5.24. The van der Waals surface area contributed by atoms with Crippen LogP contribution in [0.2, 0.25) is 0 Å². The van der Waals surface area contributed by atoms with Crippen LogP contribution in [0.1, 0.15) is 17.3 Å². The maximum atomic E-state index is 14.5. The number of nitrogens with zero attached hydrogens (tertiary/aromatic N) is 4. The first kappa shape index (κ1) is 18.8. The number of non-ortho nitro benzene ring substituents is 1. The first-order chi connectivity index (χ1) is 14.0. The van der Waals surface area contributed by atoms with Crippen molar-refractivity contribution < 1.29 is 14.1 Å². The number of carbonyl (C=O) groups is 1. The topological polar surface area (TPSA) is 79.6 Å². The number of nitro groups is 1. The van der Waals surface area contributed by atoms with E-state index in [9.17, 15) is 19.3 Å². The average molecular weight is 394 g/mol. The van der Waals surface area contributed by atoms with E-state index in [0.717, 1.165) is 5.69 Å². The quantitative estimate of drug-likeness (QED) is 0.380. The molecule has 2 aromatic carbocycles. The summed E-state index contributed by atoms with van der Waals surface area (Å²) in [6.45, 7) is 3.83. The third-order valence-electron chi connectivity index (χ3n) is 5.24. The van der Waals surface area contributed by atoms with Crippen LogP contribution in [-0.2, 0) is 0 Å². The molecule has 0 atom stereocenters. The van der Waals surface area contributed by atoms with Crippen molar-refractivity contribution in [2.45, 2.75) is 6.92 Å². The van der Waals surface area contributed by atoms with E-state index in [-0.39, 0.29) is 11.5 Å². The van der Waals surface area contributed by atoms with Crippen molar-refractivity contribution in [3.05, 3.63) is 70.2 Å².